The van der Waals surface area contributed by atoms with Crippen molar-refractivity contribution in [1.82, 2.24) is 5.32 Å². The van der Waals surface area contributed by atoms with Gasteiger partial charge in [-0.3, -0.25) is 4.79 Å². The largest absolute Gasteiger partial charge is 0.392 e. The molecule has 2 unspecified atom stereocenters. The molecule has 86 valence electrons. The summed E-state index contributed by atoms with van der Waals surface area (Å²) >= 11 is 6.66. The first-order valence-electron chi connectivity index (χ1n) is 5.23. The Kier molecular flexibility index (Phi) is 4.86. The van der Waals surface area contributed by atoms with Gasteiger partial charge in [0.2, 0.25) is 5.91 Å². The standard InChI is InChI=1S/C10H18N2OS2/c1-6(2)8(9(11)14)12-10(13)7-4-3-5-15-7/h6-8H,3-5H2,1-2H3,(H2,11,14)(H,12,13). The van der Waals surface area contributed by atoms with Gasteiger partial charge in [-0.15, -0.1) is 11.8 Å². The second kappa shape index (κ2) is 5.70. The summed E-state index contributed by atoms with van der Waals surface area (Å²) in [4.78, 5) is 12.2. The van der Waals surface area contributed by atoms with Crippen LogP contribution in [-0.2, 0) is 4.79 Å². The first-order chi connectivity index (χ1) is 7.02. The Balaban J connectivity index is 2.50. The molecule has 5 heteroatoms. The molecule has 1 heterocycles. The molecule has 1 aliphatic heterocycles. The van der Waals surface area contributed by atoms with Crippen molar-refractivity contribution in [1.29, 1.82) is 0 Å². The highest BCUT2D eigenvalue weighted by Gasteiger charge is 2.27. The first-order valence-corrected chi connectivity index (χ1v) is 6.69. The second-order valence-electron chi connectivity index (χ2n) is 4.13. The quantitative estimate of drug-likeness (QED) is 0.734. The van der Waals surface area contributed by atoms with E-state index in [9.17, 15) is 4.79 Å². The summed E-state index contributed by atoms with van der Waals surface area (Å²) in [5.74, 6) is 1.42. The van der Waals surface area contributed by atoms with Gasteiger partial charge in [-0.05, 0) is 24.5 Å². The molecule has 0 bridgehead atoms. The lowest BCUT2D eigenvalue weighted by atomic mass is 10.0. The van der Waals surface area contributed by atoms with E-state index in [0.717, 1.165) is 18.6 Å². The summed E-state index contributed by atoms with van der Waals surface area (Å²) in [5.41, 5.74) is 5.59. The number of nitrogens with two attached hydrogens (primary N) is 1. The number of hydrogen-bond donors (Lipinski definition) is 2. The summed E-state index contributed by atoms with van der Waals surface area (Å²) < 4.78 is 0. The molecule has 0 aromatic carbocycles. The van der Waals surface area contributed by atoms with E-state index in [4.69, 9.17) is 18.0 Å². The van der Waals surface area contributed by atoms with Crippen LogP contribution in [0.15, 0.2) is 0 Å². The molecular weight excluding hydrogens is 228 g/mol. The Morgan fingerprint density at radius 3 is 2.67 bits per heavy atom. The molecular formula is C10H18N2OS2. The average molecular weight is 246 g/mol. The van der Waals surface area contributed by atoms with Crippen LogP contribution in [-0.4, -0.2) is 27.9 Å². The normalized spacial score (nSPS) is 22.7. The Morgan fingerprint density at radius 2 is 2.27 bits per heavy atom. The fourth-order valence-corrected chi connectivity index (χ4v) is 3.10. The van der Waals surface area contributed by atoms with E-state index in [1.807, 2.05) is 13.8 Å². The Bertz CT molecular complexity index is 250. The van der Waals surface area contributed by atoms with Crippen LogP contribution in [0.3, 0.4) is 0 Å². The zero-order valence-corrected chi connectivity index (χ0v) is 10.8. The second-order valence-corrected chi connectivity index (χ2v) is 5.92. The number of rotatable bonds is 4. The van der Waals surface area contributed by atoms with Crippen LogP contribution in [0.4, 0.5) is 0 Å². The Morgan fingerprint density at radius 1 is 1.60 bits per heavy atom. The summed E-state index contributed by atoms with van der Waals surface area (Å²) in [6.45, 7) is 4.01. The van der Waals surface area contributed by atoms with E-state index in [1.165, 1.54) is 0 Å². The van der Waals surface area contributed by atoms with Gasteiger partial charge in [0.1, 0.15) is 0 Å². The van der Waals surface area contributed by atoms with Gasteiger partial charge in [-0.25, -0.2) is 0 Å². The minimum absolute atomic E-state index is 0.0870. The van der Waals surface area contributed by atoms with Crippen molar-refractivity contribution in [2.45, 2.75) is 38.0 Å². The van der Waals surface area contributed by atoms with Gasteiger partial charge in [-0.2, -0.15) is 0 Å². The zero-order valence-electron chi connectivity index (χ0n) is 9.16. The van der Waals surface area contributed by atoms with E-state index in [1.54, 1.807) is 11.8 Å². The molecule has 1 saturated heterocycles. The molecule has 1 aliphatic rings. The topological polar surface area (TPSA) is 55.1 Å². The van der Waals surface area contributed by atoms with E-state index in [-0.39, 0.29) is 23.1 Å². The van der Waals surface area contributed by atoms with E-state index >= 15 is 0 Å². The Hall–Kier alpha value is -0.290. The molecule has 0 spiro atoms. The highest BCUT2D eigenvalue weighted by Crippen LogP contribution is 2.26. The van der Waals surface area contributed by atoms with Crippen molar-refractivity contribution < 1.29 is 4.79 Å². The van der Waals surface area contributed by atoms with Crippen LogP contribution in [0.25, 0.3) is 0 Å². The van der Waals surface area contributed by atoms with Crippen LogP contribution in [0.1, 0.15) is 26.7 Å². The van der Waals surface area contributed by atoms with E-state index in [2.05, 4.69) is 5.32 Å². The number of thiocarbonyl (C=S) groups is 1. The van der Waals surface area contributed by atoms with Crippen LogP contribution in [0, 0.1) is 5.92 Å². The van der Waals surface area contributed by atoms with Crippen molar-refractivity contribution in [2.75, 3.05) is 5.75 Å². The smallest absolute Gasteiger partial charge is 0.233 e. The van der Waals surface area contributed by atoms with E-state index in [0.29, 0.717) is 4.99 Å². The monoisotopic (exact) mass is 246 g/mol. The molecule has 0 aromatic rings. The maximum absolute atomic E-state index is 11.8. The van der Waals surface area contributed by atoms with Crippen molar-refractivity contribution in [3.05, 3.63) is 0 Å². The van der Waals surface area contributed by atoms with Gasteiger partial charge in [-0.1, -0.05) is 26.1 Å². The first kappa shape index (κ1) is 12.8. The van der Waals surface area contributed by atoms with Gasteiger partial charge in [0.05, 0.1) is 16.3 Å². The van der Waals surface area contributed by atoms with Crippen LogP contribution < -0.4 is 11.1 Å². The summed E-state index contributed by atoms with van der Waals surface area (Å²) in [6.07, 6.45) is 2.10. The molecule has 3 N–H and O–H groups in total. The van der Waals surface area contributed by atoms with Gasteiger partial charge < -0.3 is 11.1 Å². The average Bonchev–Trinajstić information content (AvgIpc) is 2.65. The number of carbonyl (C=O) groups excluding carboxylic acids is 1. The Labute approximate surface area is 101 Å². The fraction of sp³-hybridized carbons (Fsp3) is 0.800. The van der Waals surface area contributed by atoms with Crippen molar-refractivity contribution in [3.8, 4) is 0 Å². The minimum Gasteiger partial charge on any atom is -0.392 e. The molecule has 15 heavy (non-hydrogen) atoms. The third-order valence-corrected chi connectivity index (χ3v) is 4.12. The molecule has 0 aliphatic carbocycles. The number of nitrogens with one attached hydrogen (secondary N) is 1. The van der Waals surface area contributed by atoms with Crippen molar-refractivity contribution in [2.24, 2.45) is 11.7 Å². The lowest BCUT2D eigenvalue weighted by Crippen LogP contribution is -2.49. The van der Waals surface area contributed by atoms with Crippen molar-refractivity contribution in [3.63, 3.8) is 0 Å². The number of amides is 1. The van der Waals surface area contributed by atoms with Crippen LogP contribution >= 0.6 is 24.0 Å². The molecule has 2 atom stereocenters. The van der Waals surface area contributed by atoms with Gasteiger partial charge in [0.15, 0.2) is 0 Å². The SMILES string of the molecule is CC(C)C(NC(=O)C1CCCS1)C(N)=S. The number of hydrogen-bond acceptors (Lipinski definition) is 3. The molecule has 0 aromatic heterocycles. The highest BCUT2D eigenvalue weighted by molar-refractivity contribution is 8.00. The van der Waals surface area contributed by atoms with Crippen LogP contribution in [0.5, 0.6) is 0 Å². The fourth-order valence-electron chi connectivity index (χ4n) is 1.60. The lowest BCUT2D eigenvalue weighted by molar-refractivity contribution is -0.121. The summed E-state index contributed by atoms with van der Waals surface area (Å²) in [7, 11) is 0. The number of thioether (sulfide) groups is 1. The van der Waals surface area contributed by atoms with Gasteiger partial charge >= 0.3 is 0 Å². The number of carbonyl (C=O) groups is 1. The maximum atomic E-state index is 11.8. The van der Waals surface area contributed by atoms with E-state index < -0.39 is 0 Å². The molecule has 1 fully saturated rings. The minimum atomic E-state index is -0.173. The zero-order chi connectivity index (χ0) is 11.4. The van der Waals surface area contributed by atoms with Gasteiger partial charge in [0, 0.05) is 0 Å². The molecule has 1 amide bonds. The van der Waals surface area contributed by atoms with Crippen molar-refractivity contribution >= 4 is 34.9 Å². The van der Waals surface area contributed by atoms with Gasteiger partial charge in [0.25, 0.3) is 0 Å². The highest BCUT2D eigenvalue weighted by atomic mass is 32.2. The third-order valence-electron chi connectivity index (χ3n) is 2.49. The molecule has 1 rings (SSSR count). The molecule has 3 nitrogen and oxygen atoms in total. The van der Waals surface area contributed by atoms with Crippen LogP contribution in [0.2, 0.25) is 0 Å². The predicted molar refractivity (Wildman–Crippen MR) is 69.0 cm³/mol. The molecule has 0 saturated carbocycles. The third kappa shape index (κ3) is 3.65. The summed E-state index contributed by atoms with van der Waals surface area (Å²) in [6, 6.07) is -0.173. The predicted octanol–water partition coefficient (Wildman–Crippen LogP) is 1.31. The molecule has 0 radical (unpaired) electrons. The summed E-state index contributed by atoms with van der Waals surface area (Å²) in [5, 5.41) is 3.03. The maximum Gasteiger partial charge on any atom is 0.233 e. The lowest BCUT2D eigenvalue weighted by Gasteiger charge is -2.22.